The van der Waals surface area contributed by atoms with Crippen LogP contribution in [0.25, 0.3) is 0 Å². The number of hydrogen-bond donors (Lipinski definition) is 2. The Hall–Kier alpha value is -2.48. The lowest BCUT2D eigenvalue weighted by Crippen LogP contribution is -3.14. The third-order valence-electron chi connectivity index (χ3n) is 4.35. The minimum atomic E-state index is -0.503. The fraction of sp³-hybridized carbons (Fsp3) is 0.500. The van der Waals surface area contributed by atoms with Crippen LogP contribution in [0.1, 0.15) is 18.4 Å². The fourth-order valence-corrected chi connectivity index (χ4v) is 2.98. The summed E-state index contributed by atoms with van der Waals surface area (Å²) in [6, 6.07) is 4.68. The van der Waals surface area contributed by atoms with Crippen LogP contribution in [-0.2, 0) is 14.3 Å². The lowest BCUT2D eigenvalue weighted by Gasteiger charge is -2.27. The molecule has 130 valence electrons. The van der Waals surface area contributed by atoms with Crippen LogP contribution in [0.4, 0.5) is 11.4 Å². The minimum Gasteiger partial charge on any atom is -0.469 e. The minimum absolute atomic E-state index is 0.0979. The average molecular weight is 336 g/mol. The number of nitro benzene ring substituents is 1. The van der Waals surface area contributed by atoms with Crippen molar-refractivity contribution in [2.45, 2.75) is 19.8 Å². The van der Waals surface area contributed by atoms with Gasteiger partial charge in [-0.15, -0.1) is 0 Å². The highest BCUT2D eigenvalue weighted by Crippen LogP contribution is 2.27. The molecule has 1 heterocycles. The SMILES string of the molecule is COC(=O)C1CC[NH+](CC(=O)Nc2c(C)cccc2[N+](=O)[O-])CC1. The van der Waals surface area contributed by atoms with Crippen molar-refractivity contribution < 1.29 is 24.1 Å². The number of likely N-dealkylation sites (tertiary alicyclic amines) is 1. The van der Waals surface area contributed by atoms with Gasteiger partial charge in [0.15, 0.2) is 6.54 Å². The van der Waals surface area contributed by atoms with E-state index < -0.39 is 4.92 Å². The first-order valence-corrected chi connectivity index (χ1v) is 7.87. The van der Waals surface area contributed by atoms with Gasteiger partial charge >= 0.3 is 5.97 Å². The first-order chi connectivity index (χ1) is 11.4. The average Bonchev–Trinajstić information content (AvgIpc) is 2.56. The van der Waals surface area contributed by atoms with Gasteiger partial charge in [0.25, 0.3) is 11.6 Å². The maximum atomic E-state index is 12.2. The number of nitro groups is 1. The fourth-order valence-electron chi connectivity index (χ4n) is 2.98. The third-order valence-corrected chi connectivity index (χ3v) is 4.35. The van der Waals surface area contributed by atoms with Gasteiger partial charge in [-0.05, 0) is 12.5 Å². The number of carbonyl (C=O) groups excluding carboxylic acids is 2. The van der Waals surface area contributed by atoms with Crippen molar-refractivity contribution in [2.24, 2.45) is 5.92 Å². The molecular weight excluding hydrogens is 314 g/mol. The lowest BCUT2D eigenvalue weighted by atomic mass is 9.97. The van der Waals surface area contributed by atoms with Gasteiger partial charge in [0.1, 0.15) is 5.69 Å². The van der Waals surface area contributed by atoms with Crippen LogP contribution in [0.2, 0.25) is 0 Å². The Kier molecular flexibility index (Phi) is 5.86. The van der Waals surface area contributed by atoms with E-state index in [1.165, 1.54) is 13.2 Å². The van der Waals surface area contributed by atoms with Gasteiger partial charge in [0, 0.05) is 18.9 Å². The molecule has 1 amide bonds. The molecule has 0 atom stereocenters. The van der Waals surface area contributed by atoms with E-state index in [0.717, 1.165) is 4.90 Å². The lowest BCUT2D eigenvalue weighted by molar-refractivity contribution is -0.897. The first-order valence-electron chi connectivity index (χ1n) is 7.87. The second-order valence-corrected chi connectivity index (χ2v) is 6.00. The highest BCUT2D eigenvalue weighted by molar-refractivity contribution is 5.94. The molecule has 1 aliphatic heterocycles. The molecule has 8 heteroatoms. The second-order valence-electron chi connectivity index (χ2n) is 6.00. The summed E-state index contributed by atoms with van der Waals surface area (Å²) in [5.41, 5.74) is 0.788. The van der Waals surface area contributed by atoms with E-state index >= 15 is 0 Å². The number of ether oxygens (including phenoxy) is 1. The maximum Gasteiger partial charge on any atom is 0.309 e. The second kappa shape index (κ2) is 7.87. The molecule has 0 spiro atoms. The number of rotatable bonds is 5. The summed E-state index contributed by atoms with van der Waals surface area (Å²) in [5, 5.41) is 13.7. The Bertz CT molecular complexity index is 639. The molecule has 1 aromatic carbocycles. The van der Waals surface area contributed by atoms with Crippen LogP contribution in [0.3, 0.4) is 0 Å². The van der Waals surface area contributed by atoms with E-state index in [-0.39, 0.29) is 35.7 Å². The van der Waals surface area contributed by atoms with E-state index in [2.05, 4.69) is 5.32 Å². The van der Waals surface area contributed by atoms with Crippen molar-refractivity contribution in [3.63, 3.8) is 0 Å². The van der Waals surface area contributed by atoms with Gasteiger partial charge in [0.2, 0.25) is 0 Å². The van der Waals surface area contributed by atoms with Crippen LogP contribution in [0, 0.1) is 23.0 Å². The highest BCUT2D eigenvalue weighted by atomic mass is 16.6. The summed E-state index contributed by atoms with van der Waals surface area (Å²) in [6.45, 7) is 3.34. The number of para-hydroxylation sites is 1. The molecule has 1 saturated heterocycles. The summed E-state index contributed by atoms with van der Waals surface area (Å²) in [7, 11) is 1.38. The molecule has 1 aromatic rings. The zero-order valence-electron chi connectivity index (χ0n) is 13.8. The quantitative estimate of drug-likeness (QED) is 0.458. The summed E-state index contributed by atoms with van der Waals surface area (Å²) in [5.74, 6) is -0.563. The Morgan fingerprint density at radius 1 is 1.38 bits per heavy atom. The number of piperidine rings is 1. The summed E-state index contributed by atoms with van der Waals surface area (Å²) < 4.78 is 4.74. The molecule has 1 aliphatic rings. The van der Waals surface area contributed by atoms with Crippen molar-refractivity contribution in [2.75, 3.05) is 32.1 Å². The predicted octanol–water partition coefficient (Wildman–Crippen LogP) is 0.310. The van der Waals surface area contributed by atoms with Crippen LogP contribution in [0.15, 0.2) is 18.2 Å². The molecule has 1 fully saturated rings. The molecule has 0 radical (unpaired) electrons. The van der Waals surface area contributed by atoms with Gasteiger partial charge in [-0.25, -0.2) is 0 Å². The molecule has 0 saturated carbocycles. The Morgan fingerprint density at radius 2 is 2.04 bits per heavy atom. The number of anilines is 1. The number of methoxy groups -OCH3 is 1. The number of nitrogens with one attached hydrogen (secondary N) is 2. The number of aryl methyl sites for hydroxylation is 1. The smallest absolute Gasteiger partial charge is 0.309 e. The van der Waals surface area contributed by atoms with Crippen molar-refractivity contribution >= 4 is 23.3 Å². The molecule has 2 N–H and O–H groups in total. The molecule has 0 bridgehead atoms. The number of carbonyl (C=O) groups is 2. The Labute approximate surface area is 139 Å². The number of esters is 1. The third kappa shape index (κ3) is 4.29. The molecule has 0 aliphatic carbocycles. The standard InChI is InChI=1S/C16H21N3O5/c1-11-4-3-5-13(19(22)23)15(11)17-14(20)10-18-8-6-12(7-9-18)16(21)24-2/h3-5,12H,6-10H2,1-2H3,(H,17,20)/p+1. The van der Waals surface area contributed by atoms with Crippen molar-refractivity contribution in [3.8, 4) is 0 Å². The number of amides is 1. The van der Waals surface area contributed by atoms with E-state index in [0.29, 0.717) is 31.5 Å². The molecule has 8 nitrogen and oxygen atoms in total. The van der Waals surface area contributed by atoms with Gasteiger partial charge in [-0.3, -0.25) is 19.7 Å². The number of quaternary nitrogens is 1. The first kappa shape index (κ1) is 17.9. The summed E-state index contributed by atoms with van der Waals surface area (Å²) in [4.78, 5) is 35.4. The van der Waals surface area contributed by atoms with Crippen molar-refractivity contribution in [1.29, 1.82) is 0 Å². The molecule has 0 unspecified atom stereocenters. The number of benzene rings is 1. The van der Waals surface area contributed by atoms with E-state index in [1.54, 1.807) is 19.1 Å². The van der Waals surface area contributed by atoms with Crippen LogP contribution < -0.4 is 10.2 Å². The van der Waals surface area contributed by atoms with Gasteiger partial charge in [-0.2, -0.15) is 0 Å². The zero-order chi connectivity index (χ0) is 17.7. The van der Waals surface area contributed by atoms with E-state index in [4.69, 9.17) is 4.74 Å². The van der Waals surface area contributed by atoms with Gasteiger partial charge < -0.3 is 15.0 Å². The Balaban J connectivity index is 1.93. The predicted molar refractivity (Wildman–Crippen MR) is 86.8 cm³/mol. The molecule has 2 rings (SSSR count). The van der Waals surface area contributed by atoms with Crippen LogP contribution >= 0.6 is 0 Å². The van der Waals surface area contributed by atoms with Gasteiger partial charge in [-0.1, -0.05) is 12.1 Å². The highest BCUT2D eigenvalue weighted by Gasteiger charge is 2.29. The molecule has 24 heavy (non-hydrogen) atoms. The summed E-state index contributed by atoms with van der Waals surface area (Å²) >= 11 is 0. The zero-order valence-corrected chi connectivity index (χ0v) is 13.8. The normalized spacial score (nSPS) is 20.2. The molecule has 0 aromatic heterocycles. The summed E-state index contributed by atoms with van der Waals surface area (Å²) in [6.07, 6.45) is 1.36. The number of hydrogen-bond acceptors (Lipinski definition) is 5. The van der Waals surface area contributed by atoms with Crippen molar-refractivity contribution in [3.05, 3.63) is 33.9 Å². The maximum absolute atomic E-state index is 12.2. The van der Waals surface area contributed by atoms with Crippen LogP contribution in [-0.4, -0.2) is 43.5 Å². The molecular formula is C16H22N3O5+. The number of nitrogens with zero attached hydrogens (tertiary/aromatic N) is 1. The van der Waals surface area contributed by atoms with Crippen LogP contribution in [0.5, 0.6) is 0 Å². The van der Waals surface area contributed by atoms with E-state index in [9.17, 15) is 19.7 Å². The Morgan fingerprint density at radius 3 is 2.62 bits per heavy atom. The van der Waals surface area contributed by atoms with Crippen molar-refractivity contribution in [1.82, 2.24) is 0 Å². The van der Waals surface area contributed by atoms with Gasteiger partial charge in [0.05, 0.1) is 31.0 Å². The monoisotopic (exact) mass is 336 g/mol. The topological polar surface area (TPSA) is 103 Å². The largest absolute Gasteiger partial charge is 0.469 e. The van der Waals surface area contributed by atoms with E-state index in [1.807, 2.05) is 0 Å².